The van der Waals surface area contributed by atoms with E-state index in [4.69, 9.17) is 0 Å². The van der Waals surface area contributed by atoms with Gasteiger partial charge < -0.3 is 5.32 Å². The molecule has 1 aromatic carbocycles. The zero-order chi connectivity index (χ0) is 11.1. The van der Waals surface area contributed by atoms with E-state index >= 15 is 0 Å². The summed E-state index contributed by atoms with van der Waals surface area (Å²) in [6, 6.07) is 7.37. The first kappa shape index (κ1) is 10.3. The van der Waals surface area contributed by atoms with Crippen molar-refractivity contribution < 1.29 is 4.39 Å². The third-order valence-corrected chi connectivity index (χ3v) is 4.27. The first-order chi connectivity index (χ1) is 7.78. The van der Waals surface area contributed by atoms with Gasteiger partial charge in [0.15, 0.2) is 0 Å². The van der Waals surface area contributed by atoms with Crippen molar-refractivity contribution in [2.75, 3.05) is 7.05 Å². The summed E-state index contributed by atoms with van der Waals surface area (Å²) in [6.45, 7) is 0. The van der Waals surface area contributed by atoms with E-state index in [1.807, 2.05) is 19.2 Å². The Kier molecular flexibility index (Phi) is 2.47. The second-order valence-corrected chi connectivity index (χ2v) is 5.31. The Morgan fingerprint density at radius 3 is 2.62 bits per heavy atom. The number of benzene rings is 1. The Bertz CT molecular complexity index is 380. The maximum atomic E-state index is 13.2. The molecular formula is C14H18FN. The second-order valence-electron chi connectivity index (χ2n) is 5.31. The third-order valence-electron chi connectivity index (χ3n) is 4.27. The minimum absolute atomic E-state index is 0.124. The molecule has 1 nitrogen and oxygen atoms in total. The smallest absolute Gasteiger partial charge is 0.123 e. The summed E-state index contributed by atoms with van der Waals surface area (Å²) in [5, 5.41) is 3.36. The molecular weight excluding hydrogens is 201 g/mol. The Morgan fingerprint density at radius 1 is 1.25 bits per heavy atom. The molecule has 2 saturated carbocycles. The van der Waals surface area contributed by atoms with E-state index in [0.717, 1.165) is 17.4 Å². The van der Waals surface area contributed by atoms with E-state index in [9.17, 15) is 4.39 Å². The van der Waals surface area contributed by atoms with Crippen molar-refractivity contribution in [3.05, 3.63) is 35.6 Å². The monoisotopic (exact) mass is 219 g/mol. The maximum absolute atomic E-state index is 13.2. The maximum Gasteiger partial charge on any atom is 0.123 e. The van der Waals surface area contributed by atoms with Gasteiger partial charge in [0.25, 0.3) is 0 Å². The van der Waals surface area contributed by atoms with E-state index in [2.05, 4.69) is 5.32 Å². The van der Waals surface area contributed by atoms with Gasteiger partial charge in [0.05, 0.1) is 0 Å². The van der Waals surface area contributed by atoms with Gasteiger partial charge in [-0.05, 0) is 61.8 Å². The van der Waals surface area contributed by atoms with Crippen molar-refractivity contribution in [3.63, 3.8) is 0 Å². The van der Waals surface area contributed by atoms with Gasteiger partial charge in [-0.25, -0.2) is 4.39 Å². The van der Waals surface area contributed by atoms with Crippen LogP contribution in [0.15, 0.2) is 24.3 Å². The summed E-state index contributed by atoms with van der Waals surface area (Å²) < 4.78 is 13.2. The molecule has 1 aromatic rings. The van der Waals surface area contributed by atoms with Gasteiger partial charge in [-0.15, -0.1) is 0 Å². The normalized spacial score (nSPS) is 33.5. The van der Waals surface area contributed by atoms with Crippen LogP contribution < -0.4 is 5.32 Å². The molecule has 0 aromatic heterocycles. The van der Waals surface area contributed by atoms with Crippen LogP contribution in [0, 0.1) is 23.6 Å². The van der Waals surface area contributed by atoms with E-state index in [1.165, 1.54) is 25.3 Å². The summed E-state index contributed by atoms with van der Waals surface area (Å²) in [6.07, 6.45) is 4.09. The molecule has 3 atom stereocenters. The highest BCUT2D eigenvalue weighted by molar-refractivity contribution is 5.22. The molecule has 0 spiro atoms. The fourth-order valence-corrected chi connectivity index (χ4v) is 3.41. The van der Waals surface area contributed by atoms with Crippen LogP contribution in [-0.4, -0.2) is 7.05 Å². The van der Waals surface area contributed by atoms with Crippen molar-refractivity contribution in [3.8, 4) is 0 Å². The summed E-state index contributed by atoms with van der Waals surface area (Å²) in [5.41, 5.74) is 1.11. The number of hydrogen-bond donors (Lipinski definition) is 1. The van der Waals surface area contributed by atoms with E-state index in [1.54, 1.807) is 6.07 Å². The van der Waals surface area contributed by atoms with Gasteiger partial charge in [-0.1, -0.05) is 12.1 Å². The third kappa shape index (κ3) is 1.75. The highest BCUT2D eigenvalue weighted by Crippen LogP contribution is 2.57. The highest BCUT2D eigenvalue weighted by atomic mass is 19.1. The number of hydrogen-bond acceptors (Lipinski definition) is 1. The van der Waals surface area contributed by atoms with Gasteiger partial charge >= 0.3 is 0 Å². The fourth-order valence-electron chi connectivity index (χ4n) is 3.41. The van der Waals surface area contributed by atoms with Crippen LogP contribution in [0.3, 0.4) is 0 Å². The minimum Gasteiger partial charge on any atom is -0.313 e. The van der Waals surface area contributed by atoms with Gasteiger partial charge in [-0.2, -0.15) is 0 Å². The zero-order valence-electron chi connectivity index (χ0n) is 9.62. The van der Waals surface area contributed by atoms with Crippen molar-refractivity contribution in [2.24, 2.45) is 17.8 Å². The molecule has 3 rings (SSSR count). The van der Waals surface area contributed by atoms with Gasteiger partial charge in [0.1, 0.15) is 5.82 Å². The molecule has 2 aliphatic carbocycles. The standard InChI is InChI=1S/C14H18FN/c1-16-14(9-3-2-4-13(15)8-9)12-6-10-5-11(10)7-12/h2-4,8,10-12,14,16H,5-7H2,1H3. The van der Waals surface area contributed by atoms with Crippen LogP contribution in [0.2, 0.25) is 0 Å². The topological polar surface area (TPSA) is 12.0 Å². The molecule has 16 heavy (non-hydrogen) atoms. The van der Waals surface area contributed by atoms with Crippen LogP contribution in [0.5, 0.6) is 0 Å². The average Bonchev–Trinajstić information content (AvgIpc) is 2.88. The number of nitrogens with one attached hydrogen (secondary N) is 1. The number of halogens is 1. The average molecular weight is 219 g/mol. The van der Waals surface area contributed by atoms with Crippen molar-refractivity contribution >= 4 is 0 Å². The highest BCUT2D eigenvalue weighted by Gasteiger charge is 2.47. The quantitative estimate of drug-likeness (QED) is 0.823. The summed E-state index contributed by atoms with van der Waals surface area (Å²) in [5.74, 6) is 2.54. The Labute approximate surface area is 96.1 Å². The summed E-state index contributed by atoms with van der Waals surface area (Å²) in [7, 11) is 1.99. The van der Waals surface area contributed by atoms with E-state index in [0.29, 0.717) is 12.0 Å². The van der Waals surface area contributed by atoms with Crippen LogP contribution in [0.25, 0.3) is 0 Å². The molecule has 0 heterocycles. The lowest BCUT2D eigenvalue weighted by Gasteiger charge is -2.24. The Hall–Kier alpha value is -0.890. The van der Waals surface area contributed by atoms with Crippen molar-refractivity contribution in [1.29, 1.82) is 0 Å². The molecule has 2 heteroatoms. The minimum atomic E-state index is -0.124. The number of rotatable bonds is 3. The molecule has 0 bridgehead atoms. The largest absolute Gasteiger partial charge is 0.313 e. The predicted octanol–water partition coefficient (Wildman–Crippen LogP) is 3.13. The van der Waals surface area contributed by atoms with Crippen LogP contribution in [0.1, 0.15) is 30.9 Å². The first-order valence-electron chi connectivity index (χ1n) is 6.20. The first-order valence-corrected chi connectivity index (χ1v) is 6.20. The van der Waals surface area contributed by atoms with E-state index < -0.39 is 0 Å². The van der Waals surface area contributed by atoms with Crippen LogP contribution in [-0.2, 0) is 0 Å². The predicted molar refractivity (Wildman–Crippen MR) is 62.5 cm³/mol. The van der Waals surface area contributed by atoms with Crippen LogP contribution in [0.4, 0.5) is 4.39 Å². The summed E-state index contributed by atoms with van der Waals surface area (Å²) >= 11 is 0. The Morgan fingerprint density at radius 2 is 2.00 bits per heavy atom. The van der Waals surface area contributed by atoms with Crippen molar-refractivity contribution in [1.82, 2.24) is 5.32 Å². The van der Waals surface area contributed by atoms with Gasteiger partial charge in [-0.3, -0.25) is 0 Å². The second kappa shape index (κ2) is 3.85. The molecule has 86 valence electrons. The lowest BCUT2D eigenvalue weighted by atomic mass is 9.89. The summed E-state index contributed by atoms with van der Waals surface area (Å²) in [4.78, 5) is 0. The van der Waals surface area contributed by atoms with Gasteiger partial charge in [0, 0.05) is 6.04 Å². The van der Waals surface area contributed by atoms with Crippen LogP contribution >= 0.6 is 0 Å². The molecule has 0 saturated heterocycles. The Balaban J connectivity index is 1.79. The fraction of sp³-hybridized carbons (Fsp3) is 0.571. The molecule has 0 radical (unpaired) electrons. The zero-order valence-corrected chi connectivity index (χ0v) is 9.62. The molecule has 0 aliphatic heterocycles. The lowest BCUT2D eigenvalue weighted by molar-refractivity contribution is 0.358. The van der Waals surface area contributed by atoms with E-state index in [-0.39, 0.29) is 5.82 Å². The molecule has 1 N–H and O–H groups in total. The molecule has 3 unspecified atom stereocenters. The van der Waals surface area contributed by atoms with Crippen molar-refractivity contribution in [2.45, 2.75) is 25.3 Å². The molecule has 0 amide bonds. The van der Waals surface area contributed by atoms with Gasteiger partial charge in [0.2, 0.25) is 0 Å². The number of fused-ring (bicyclic) bond motifs is 1. The molecule has 2 fully saturated rings. The molecule has 2 aliphatic rings. The SMILES string of the molecule is CNC(c1cccc(F)c1)C1CC2CC2C1. The lowest BCUT2D eigenvalue weighted by Crippen LogP contribution is -2.24.